The summed E-state index contributed by atoms with van der Waals surface area (Å²) in [6.45, 7) is 2.48. The maximum Gasteiger partial charge on any atom is 0.250 e. The molecule has 0 aliphatic carbocycles. The summed E-state index contributed by atoms with van der Waals surface area (Å²) in [6.07, 6.45) is 5.53. The lowest BCUT2D eigenvalue weighted by atomic mass is 10.2. The number of benzene rings is 1. The monoisotopic (exact) mass is 455 g/mol. The van der Waals surface area contributed by atoms with Crippen molar-refractivity contribution >= 4 is 50.9 Å². The summed E-state index contributed by atoms with van der Waals surface area (Å²) in [4.78, 5) is 12.6. The zero-order chi connectivity index (χ0) is 18.7. The number of nitrogens with zero attached hydrogens (tertiary/aromatic N) is 4. The van der Waals surface area contributed by atoms with Gasteiger partial charge in [-0.2, -0.15) is 10.2 Å². The predicted molar refractivity (Wildman–Crippen MR) is 106 cm³/mol. The van der Waals surface area contributed by atoms with Gasteiger partial charge in [-0.25, -0.2) is 0 Å². The number of halogens is 3. The number of aromatic nitrogens is 4. The molecule has 0 aliphatic heterocycles. The van der Waals surface area contributed by atoms with Crippen molar-refractivity contribution in [2.75, 3.05) is 5.32 Å². The first-order chi connectivity index (χ1) is 12.5. The van der Waals surface area contributed by atoms with Gasteiger partial charge in [-0.1, -0.05) is 42.3 Å². The summed E-state index contributed by atoms with van der Waals surface area (Å²) in [7, 11) is 0. The lowest BCUT2D eigenvalue weighted by Gasteiger charge is -2.14. The van der Waals surface area contributed by atoms with Crippen molar-refractivity contribution in [2.24, 2.45) is 0 Å². The van der Waals surface area contributed by atoms with Gasteiger partial charge in [0.15, 0.2) is 5.82 Å². The Morgan fingerprint density at radius 1 is 1.23 bits per heavy atom. The van der Waals surface area contributed by atoms with Crippen molar-refractivity contribution in [3.05, 3.63) is 62.9 Å². The van der Waals surface area contributed by atoms with E-state index < -0.39 is 6.04 Å². The van der Waals surface area contributed by atoms with E-state index in [1.165, 1.54) is 6.20 Å². The molecule has 1 aromatic carbocycles. The van der Waals surface area contributed by atoms with Gasteiger partial charge in [-0.3, -0.25) is 14.2 Å². The van der Waals surface area contributed by atoms with Crippen molar-refractivity contribution in [3.63, 3.8) is 0 Å². The third kappa shape index (κ3) is 4.47. The van der Waals surface area contributed by atoms with Crippen LogP contribution in [0.4, 0.5) is 5.82 Å². The number of anilines is 1. The van der Waals surface area contributed by atoms with Crippen LogP contribution in [0.15, 0.2) is 47.3 Å². The molecule has 0 saturated carbocycles. The molecule has 0 spiro atoms. The van der Waals surface area contributed by atoms with Gasteiger partial charge in [0.1, 0.15) is 6.04 Å². The standard InChI is InChI=1S/C17H16BrCl2N5O/c1-2-15(25-9-13(20)7-21-25)17(26)22-16-14(18)10-24(23-16)8-11-3-5-12(19)6-4-11/h3-7,9-10,15H,2,8H2,1H3,(H,22,23,26). The number of carbonyl (C=O) groups is 1. The summed E-state index contributed by atoms with van der Waals surface area (Å²) >= 11 is 15.2. The molecule has 26 heavy (non-hydrogen) atoms. The van der Waals surface area contributed by atoms with Crippen LogP contribution in [0.2, 0.25) is 10.0 Å². The molecule has 6 nitrogen and oxygen atoms in total. The SMILES string of the molecule is CCC(C(=O)Nc1nn(Cc2ccc(Cl)cc2)cc1Br)n1cc(Cl)cn1. The van der Waals surface area contributed by atoms with E-state index in [1.54, 1.807) is 15.6 Å². The van der Waals surface area contributed by atoms with Crippen LogP contribution in [0.1, 0.15) is 24.9 Å². The summed E-state index contributed by atoms with van der Waals surface area (Å²) < 4.78 is 4.00. The van der Waals surface area contributed by atoms with Crippen LogP contribution in [0, 0.1) is 0 Å². The van der Waals surface area contributed by atoms with Crippen LogP contribution in [0.3, 0.4) is 0 Å². The highest BCUT2D eigenvalue weighted by molar-refractivity contribution is 9.10. The third-order valence-electron chi connectivity index (χ3n) is 3.80. The molecule has 2 heterocycles. The number of amides is 1. The average Bonchev–Trinajstić information content (AvgIpc) is 3.17. The summed E-state index contributed by atoms with van der Waals surface area (Å²) in [6, 6.07) is 7.07. The second-order valence-electron chi connectivity index (χ2n) is 5.70. The quantitative estimate of drug-likeness (QED) is 0.580. The molecular weight excluding hydrogens is 441 g/mol. The molecule has 1 amide bonds. The largest absolute Gasteiger partial charge is 0.306 e. The fourth-order valence-corrected chi connectivity index (χ4v) is 3.20. The topological polar surface area (TPSA) is 64.7 Å². The Kier molecular flexibility index (Phi) is 6.01. The fourth-order valence-electron chi connectivity index (χ4n) is 2.52. The van der Waals surface area contributed by atoms with Gasteiger partial charge < -0.3 is 5.32 Å². The van der Waals surface area contributed by atoms with Crippen LogP contribution in [-0.4, -0.2) is 25.5 Å². The molecule has 9 heteroatoms. The molecule has 0 saturated heterocycles. The molecule has 2 aromatic heterocycles. The van der Waals surface area contributed by atoms with Crippen LogP contribution < -0.4 is 5.32 Å². The minimum Gasteiger partial charge on any atom is -0.306 e. The first kappa shape index (κ1) is 18.9. The smallest absolute Gasteiger partial charge is 0.250 e. The molecule has 3 rings (SSSR count). The van der Waals surface area contributed by atoms with Gasteiger partial charge in [-0.05, 0) is 40.0 Å². The highest BCUT2D eigenvalue weighted by atomic mass is 79.9. The number of nitrogens with one attached hydrogen (secondary N) is 1. The molecule has 0 bridgehead atoms. The van der Waals surface area contributed by atoms with Crippen molar-refractivity contribution in [1.29, 1.82) is 0 Å². The Morgan fingerprint density at radius 3 is 2.58 bits per heavy atom. The van der Waals surface area contributed by atoms with Crippen molar-refractivity contribution in [2.45, 2.75) is 25.9 Å². The van der Waals surface area contributed by atoms with Crippen LogP contribution in [0.25, 0.3) is 0 Å². The normalized spacial score (nSPS) is 12.2. The molecule has 0 fully saturated rings. The second-order valence-corrected chi connectivity index (χ2v) is 7.43. The Morgan fingerprint density at radius 2 is 1.96 bits per heavy atom. The Hall–Kier alpha value is -1.83. The number of rotatable bonds is 6. The van der Waals surface area contributed by atoms with E-state index in [4.69, 9.17) is 23.2 Å². The maximum absolute atomic E-state index is 12.6. The first-order valence-electron chi connectivity index (χ1n) is 7.94. The van der Waals surface area contributed by atoms with Crippen molar-refractivity contribution in [3.8, 4) is 0 Å². The van der Waals surface area contributed by atoms with Crippen molar-refractivity contribution < 1.29 is 4.79 Å². The van der Waals surface area contributed by atoms with Crippen LogP contribution in [0.5, 0.6) is 0 Å². The van der Waals surface area contributed by atoms with Gasteiger partial charge >= 0.3 is 0 Å². The lowest BCUT2D eigenvalue weighted by Crippen LogP contribution is -2.26. The second kappa shape index (κ2) is 8.24. The number of carbonyl (C=O) groups excluding carboxylic acids is 1. The predicted octanol–water partition coefficient (Wildman–Crippen LogP) is 4.79. The molecule has 0 aliphatic rings. The van der Waals surface area contributed by atoms with E-state index in [0.29, 0.717) is 33.3 Å². The van der Waals surface area contributed by atoms with Gasteiger partial charge in [0.25, 0.3) is 0 Å². The zero-order valence-corrected chi connectivity index (χ0v) is 17.0. The fraction of sp³-hybridized carbons (Fsp3) is 0.235. The minimum absolute atomic E-state index is 0.204. The lowest BCUT2D eigenvalue weighted by molar-refractivity contribution is -0.119. The van der Waals surface area contributed by atoms with E-state index in [1.807, 2.05) is 37.4 Å². The summed E-state index contributed by atoms with van der Waals surface area (Å²) in [5, 5.41) is 12.6. The van der Waals surface area contributed by atoms with Gasteiger partial charge in [0, 0.05) is 17.4 Å². The minimum atomic E-state index is -0.462. The number of hydrogen-bond donors (Lipinski definition) is 1. The van der Waals surface area contributed by atoms with Crippen LogP contribution in [-0.2, 0) is 11.3 Å². The maximum atomic E-state index is 12.6. The molecular formula is C17H16BrCl2N5O. The molecule has 1 atom stereocenters. The Bertz CT molecular complexity index is 906. The highest BCUT2D eigenvalue weighted by Gasteiger charge is 2.21. The number of hydrogen-bond acceptors (Lipinski definition) is 3. The summed E-state index contributed by atoms with van der Waals surface area (Å²) in [5.74, 6) is 0.255. The van der Waals surface area contributed by atoms with Crippen molar-refractivity contribution in [1.82, 2.24) is 19.6 Å². The molecule has 3 aromatic rings. The summed E-state index contributed by atoms with van der Waals surface area (Å²) in [5.41, 5.74) is 1.06. The van der Waals surface area contributed by atoms with E-state index in [-0.39, 0.29) is 5.91 Å². The highest BCUT2D eigenvalue weighted by Crippen LogP contribution is 2.23. The average molecular weight is 457 g/mol. The van der Waals surface area contributed by atoms with E-state index in [9.17, 15) is 4.79 Å². The molecule has 136 valence electrons. The molecule has 1 N–H and O–H groups in total. The van der Waals surface area contributed by atoms with Gasteiger partial charge in [0.05, 0.1) is 22.2 Å². The van der Waals surface area contributed by atoms with E-state index in [2.05, 4.69) is 31.4 Å². The van der Waals surface area contributed by atoms with Crippen LogP contribution >= 0.6 is 39.1 Å². The molecule has 1 unspecified atom stereocenters. The first-order valence-corrected chi connectivity index (χ1v) is 9.49. The van der Waals surface area contributed by atoms with E-state index >= 15 is 0 Å². The Labute approximate surface area is 169 Å². The van der Waals surface area contributed by atoms with E-state index in [0.717, 1.165) is 5.56 Å². The Balaban J connectivity index is 1.72. The molecule has 0 radical (unpaired) electrons. The van der Waals surface area contributed by atoms with Gasteiger partial charge in [0.2, 0.25) is 5.91 Å². The van der Waals surface area contributed by atoms with Gasteiger partial charge in [-0.15, -0.1) is 0 Å². The third-order valence-corrected chi connectivity index (χ3v) is 4.82. The zero-order valence-electron chi connectivity index (χ0n) is 13.9.